The van der Waals surface area contributed by atoms with Gasteiger partial charge in [0.1, 0.15) is 0 Å². The molecule has 1 amide bonds. The molecule has 1 heterocycles. The van der Waals surface area contributed by atoms with E-state index in [1.807, 2.05) is 56.0 Å². The Morgan fingerprint density at radius 3 is 2.65 bits per heavy atom. The summed E-state index contributed by atoms with van der Waals surface area (Å²) in [6, 6.07) is 9.83. The van der Waals surface area contributed by atoms with E-state index in [0.29, 0.717) is 19.7 Å². The van der Waals surface area contributed by atoms with Gasteiger partial charge in [-0.25, -0.2) is 0 Å². The van der Waals surface area contributed by atoms with Gasteiger partial charge in [0.15, 0.2) is 0 Å². The molecule has 4 nitrogen and oxygen atoms in total. The molecular weight excluding hydrogens is 252 g/mol. The first-order valence-electron chi connectivity index (χ1n) is 7.15. The fraction of sp³-hybridized carbons (Fsp3) is 0.562. The smallest absolute Gasteiger partial charge is 0.232 e. The molecule has 0 radical (unpaired) electrons. The number of rotatable bonds is 3. The van der Waals surface area contributed by atoms with Gasteiger partial charge in [0.2, 0.25) is 5.91 Å². The van der Waals surface area contributed by atoms with Gasteiger partial charge in [-0.05, 0) is 26.3 Å². The van der Waals surface area contributed by atoms with Crippen molar-refractivity contribution in [3.63, 3.8) is 0 Å². The third kappa shape index (κ3) is 3.02. The van der Waals surface area contributed by atoms with Crippen molar-refractivity contribution in [3.05, 3.63) is 35.9 Å². The number of morpholine rings is 1. The summed E-state index contributed by atoms with van der Waals surface area (Å²) in [6.07, 6.45) is -0.0701. The van der Waals surface area contributed by atoms with E-state index in [1.54, 1.807) is 0 Å². The first-order chi connectivity index (χ1) is 9.43. The Hall–Kier alpha value is -1.39. The molecule has 0 aromatic heterocycles. The van der Waals surface area contributed by atoms with Crippen molar-refractivity contribution in [3.8, 4) is 0 Å². The number of ether oxygens (including phenoxy) is 1. The van der Waals surface area contributed by atoms with Crippen LogP contribution in [0.1, 0.15) is 26.3 Å². The van der Waals surface area contributed by atoms with E-state index in [0.717, 1.165) is 5.56 Å². The second-order valence-electron chi connectivity index (χ2n) is 6.01. The first kappa shape index (κ1) is 15.0. The summed E-state index contributed by atoms with van der Waals surface area (Å²) in [5, 5.41) is 0. The summed E-state index contributed by atoms with van der Waals surface area (Å²) in [7, 11) is 0. The molecule has 2 rings (SSSR count). The quantitative estimate of drug-likeness (QED) is 0.911. The number of hydrogen-bond acceptors (Lipinski definition) is 3. The SMILES string of the molecule is CC(N)C1CN(C(=O)C(C)(C)c2ccccc2)CCO1. The van der Waals surface area contributed by atoms with Gasteiger partial charge >= 0.3 is 0 Å². The van der Waals surface area contributed by atoms with Gasteiger partial charge in [0, 0.05) is 19.1 Å². The maximum Gasteiger partial charge on any atom is 0.232 e. The van der Waals surface area contributed by atoms with Crippen molar-refractivity contribution < 1.29 is 9.53 Å². The van der Waals surface area contributed by atoms with Crippen LogP contribution < -0.4 is 5.73 Å². The lowest BCUT2D eigenvalue weighted by molar-refractivity contribution is -0.144. The predicted molar refractivity (Wildman–Crippen MR) is 79.4 cm³/mol. The zero-order valence-electron chi connectivity index (χ0n) is 12.5. The Morgan fingerprint density at radius 2 is 2.05 bits per heavy atom. The summed E-state index contributed by atoms with van der Waals surface area (Å²) in [4.78, 5) is 14.7. The van der Waals surface area contributed by atoms with Crippen LogP contribution >= 0.6 is 0 Å². The van der Waals surface area contributed by atoms with E-state index in [2.05, 4.69) is 0 Å². The van der Waals surface area contributed by atoms with Gasteiger partial charge in [-0.3, -0.25) is 4.79 Å². The molecule has 0 saturated carbocycles. The van der Waals surface area contributed by atoms with Crippen molar-refractivity contribution in [1.82, 2.24) is 4.90 Å². The molecule has 4 heteroatoms. The van der Waals surface area contributed by atoms with Crippen molar-refractivity contribution in [2.45, 2.75) is 38.3 Å². The van der Waals surface area contributed by atoms with Crippen molar-refractivity contribution in [2.24, 2.45) is 5.73 Å². The van der Waals surface area contributed by atoms with E-state index >= 15 is 0 Å². The molecule has 1 fully saturated rings. The van der Waals surface area contributed by atoms with Crippen LogP contribution in [0, 0.1) is 0 Å². The summed E-state index contributed by atoms with van der Waals surface area (Å²) in [5.74, 6) is 0.137. The number of hydrogen-bond donors (Lipinski definition) is 1. The van der Waals surface area contributed by atoms with Gasteiger partial charge in [0.25, 0.3) is 0 Å². The number of carbonyl (C=O) groups excluding carboxylic acids is 1. The van der Waals surface area contributed by atoms with Crippen LogP contribution in [0.15, 0.2) is 30.3 Å². The molecule has 2 unspecified atom stereocenters. The van der Waals surface area contributed by atoms with E-state index in [4.69, 9.17) is 10.5 Å². The molecular formula is C16H24N2O2. The minimum absolute atomic E-state index is 0.0644. The standard InChI is InChI=1S/C16H24N2O2/c1-12(17)14-11-18(9-10-20-14)15(19)16(2,3)13-7-5-4-6-8-13/h4-8,12,14H,9-11,17H2,1-3H3. The topological polar surface area (TPSA) is 55.6 Å². The van der Waals surface area contributed by atoms with E-state index in [1.165, 1.54) is 0 Å². The lowest BCUT2D eigenvalue weighted by Gasteiger charge is -2.39. The van der Waals surface area contributed by atoms with Crippen LogP contribution in [0.4, 0.5) is 0 Å². The maximum absolute atomic E-state index is 12.8. The van der Waals surface area contributed by atoms with Gasteiger partial charge in [0.05, 0.1) is 18.1 Å². The molecule has 110 valence electrons. The van der Waals surface area contributed by atoms with Gasteiger partial charge in [-0.1, -0.05) is 30.3 Å². The lowest BCUT2D eigenvalue weighted by atomic mass is 9.83. The molecule has 1 aliphatic rings. The monoisotopic (exact) mass is 276 g/mol. The van der Waals surface area contributed by atoms with Crippen molar-refractivity contribution in [1.29, 1.82) is 0 Å². The molecule has 20 heavy (non-hydrogen) atoms. The number of benzene rings is 1. The third-order valence-corrected chi connectivity index (χ3v) is 4.00. The molecule has 0 aliphatic carbocycles. The first-order valence-corrected chi connectivity index (χ1v) is 7.15. The lowest BCUT2D eigenvalue weighted by Crippen LogP contribution is -2.55. The Morgan fingerprint density at radius 1 is 1.40 bits per heavy atom. The van der Waals surface area contributed by atoms with Gasteiger partial charge in [-0.15, -0.1) is 0 Å². The van der Waals surface area contributed by atoms with Crippen LogP contribution in [-0.4, -0.2) is 42.6 Å². The molecule has 1 aliphatic heterocycles. The number of nitrogens with zero attached hydrogens (tertiary/aromatic N) is 1. The van der Waals surface area contributed by atoms with Crippen molar-refractivity contribution >= 4 is 5.91 Å². The fourth-order valence-corrected chi connectivity index (χ4v) is 2.55. The Labute approximate surface area is 120 Å². The van der Waals surface area contributed by atoms with E-state index in [9.17, 15) is 4.79 Å². The highest BCUT2D eigenvalue weighted by Crippen LogP contribution is 2.26. The summed E-state index contributed by atoms with van der Waals surface area (Å²) in [6.45, 7) is 7.64. The van der Waals surface area contributed by atoms with E-state index < -0.39 is 5.41 Å². The molecule has 2 atom stereocenters. The third-order valence-electron chi connectivity index (χ3n) is 4.00. The predicted octanol–water partition coefficient (Wildman–Crippen LogP) is 1.54. The molecule has 1 aromatic carbocycles. The minimum atomic E-state index is -0.527. The van der Waals surface area contributed by atoms with Crippen molar-refractivity contribution in [2.75, 3.05) is 19.7 Å². The number of amides is 1. The summed E-state index contributed by atoms with van der Waals surface area (Å²) >= 11 is 0. The van der Waals surface area contributed by atoms with Crippen LogP contribution in [0.3, 0.4) is 0 Å². The Balaban J connectivity index is 2.14. The van der Waals surface area contributed by atoms with Gasteiger partial charge < -0.3 is 15.4 Å². The highest BCUT2D eigenvalue weighted by atomic mass is 16.5. The average molecular weight is 276 g/mol. The Bertz CT molecular complexity index is 457. The van der Waals surface area contributed by atoms with Crippen LogP contribution in [0.5, 0.6) is 0 Å². The zero-order valence-corrected chi connectivity index (χ0v) is 12.5. The maximum atomic E-state index is 12.8. The molecule has 0 bridgehead atoms. The zero-order chi connectivity index (χ0) is 14.8. The van der Waals surface area contributed by atoms with Crippen LogP contribution in [0.25, 0.3) is 0 Å². The van der Waals surface area contributed by atoms with Gasteiger partial charge in [-0.2, -0.15) is 0 Å². The fourth-order valence-electron chi connectivity index (χ4n) is 2.55. The Kier molecular flexibility index (Phi) is 4.45. The molecule has 1 aromatic rings. The average Bonchev–Trinajstić information content (AvgIpc) is 2.47. The largest absolute Gasteiger partial charge is 0.373 e. The minimum Gasteiger partial charge on any atom is -0.373 e. The highest BCUT2D eigenvalue weighted by molar-refractivity contribution is 5.87. The van der Waals surface area contributed by atoms with Crippen LogP contribution in [0.2, 0.25) is 0 Å². The number of carbonyl (C=O) groups is 1. The number of nitrogens with two attached hydrogens (primary N) is 1. The molecule has 1 saturated heterocycles. The van der Waals surface area contributed by atoms with Crippen LogP contribution in [-0.2, 0) is 14.9 Å². The summed E-state index contributed by atoms with van der Waals surface area (Å²) < 4.78 is 5.62. The summed E-state index contributed by atoms with van der Waals surface area (Å²) in [5.41, 5.74) is 6.40. The second kappa shape index (κ2) is 5.94. The normalized spacial score (nSPS) is 21.6. The molecule has 0 spiro atoms. The second-order valence-corrected chi connectivity index (χ2v) is 6.01. The molecule has 2 N–H and O–H groups in total. The van der Waals surface area contributed by atoms with E-state index in [-0.39, 0.29) is 18.1 Å². The highest BCUT2D eigenvalue weighted by Gasteiger charge is 2.36.